The van der Waals surface area contributed by atoms with Crippen molar-refractivity contribution in [3.05, 3.63) is 35.9 Å². The molecule has 0 bridgehead atoms. The Hall–Kier alpha value is -1.13. The van der Waals surface area contributed by atoms with E-state index in [-0.39, 0.29) is 5.91 Å². The third-order valence-corrected chi connectivity index (χ3v) is 4.59. The Labute approximate surface area is 104 Å². The number of hydrogen-bond donors (Lipinski definition) is 1. The topological polar surface area (TPSA) is 52.3 Å². The van der Waals surface area contributed by atoms with Crippen molar-refractivity contribution in [3.8, 4) is 0 Å². The average molecular weight is 251 g/mol. The number of nitrogens with two attached hydrogens (primary N) is 1. The van der Waals surface area contributed by atoms with E-state index < -0.39 is 13.8 Å². The Balaban J connectivity index is 2.46. The maximum Gasteiger partial charge on any atom is 0.243 e. The lowest BCUT2D eigenvalue weighted by atomic mass is 10.2. The van der Waals surface area contributed by atoms with Gasteiger partial charge >= 0.3 is 0 Å². The molecule has 0 aliphatic carbocycles. The van der Waals surface area contributed by atoms with E-state index in [0.29, 0.717) is 6.61 Å². The van der Waals surface area contributed by atoms with Crippen molar-refractivity contribution in [2.24, 2.45) is 5.73 Å². The highest BCUT2D eigenvalue weighted by Gasteiger charge is 2.32. The molecule has 1 aromatic rings. The summed E-state index contributed by atoms with van der Waals surface area (Å²) >= 11 is 0. The summed E-state index contributed by atoms with van der Waals surface area (Å²) in [7, 11) is -1.68. The molecule has 0 saturated heterocycles. The van der Waals surface area contributed by atoms with Crippen molar-refractivity contribution in [2.45, 2.75) is 31.8 Å². The Morgan fingerprint density at radius 1 is 1.29 bits per heavy atom. The summed E-state index contributed by atoms with van der Waals surface area (Å²) in [6, 6.07) is 10.1. The molecule has 0 saturated carbocycles. The molecule has 2 N–H and O–H groups in total. The summed E-state index contributed by atoms with van der Waals surface area (Å²) in [4.78, 5) is 11.3. The van der Waals surface area contributed by atoms with Gasteiger partial charge in [0.1, 0.15) is 5.73 Å². The fourth-order valence-electron chi connectivity index (χ4n) is 1.70. The van der Waals surface area contributed by atoms with Crippen molar-refractivity contribution < 1.29 is 9.53 Å². The number of ether oxygens (including phenoxy) is 1. The van der Waals surface area contributed by atoms with Gasteiger partial charge in [0.05, 0.1) is 14.7 Å². The second-order valence-electron chi connectivity index (χ2n) is 5.25. The molecule has 1 rings (SSSR count). The van der Waals surface area contributed by atoms with Gasteiger partial charge in [-0.15, -0.1) is 0 Å². The summed E-state index contributed by atoms with van der Waals surface area (Å²) < 4.78 is 5.66. The summed E-state index contributed by atoms with van der Waals surface area (Å²) in [5.74, 6) is -0.336. The van der Waals surface area contributed by atoms with E-state index in [2.05, 4.69) is 31.8 Å². The monoisotopic (exact) mass is 251 g/mol. The molecule has 0 aromatic heterocycles. The quantitative estimate of drug-likeness (QED) is 0.786. The van der Waals surface area contributed by atoms with Gasteiger partial charge in [-0.05, 0) is 12.0 Å². The Kier molecular flexibility index (Phi) is 4.90. The van der Waals surface area contributed by atoms with Crippen molar-refractivity contribution in [3.63, 3.8) is 0 Å². The average Bonchev–Trinajstić information content (AvgIpc) is 2.23. The van der Waals surface area contributed by atoms with E-state index >= 15 is 0 Å². The highest BCUT2D eigenvalue weighted by Crippen LogP contribution is 2.12. The summed E-state index contributed by atoms with van der Waals surface area (Å²) in [6.07, 6.45) is 0.815. The molecular weight excluding hydrogens is 230 g/mol. The lowest BCUT2D eigenvalue weighted by Gasteiger charge is -2.26. The van der Waals surface area contributed by atoms with E-state index in [1.54, 1.807) is 0 Å². The van der Waals surface area contributed by atoms with Crippen LogP contribution in [0.3, 0.4) is 0 Å². The third kappa shape index (κ3) is 4.71. The summed E-state index contributed by atoms with van der Waals surface area (Å²) in [5.41, 5.74) is 6.19. The zero-order chi connectivity index (χ0) is 12.9. The highest BCUT2D eigenvalue weighted by molar-refractivity contribution is 6.80. The molecule has 1 aromatic carbocycles. The van der Waals surface area contributed by atoms with Gasteiger partial charge in [-0.1, -0.05) is 50.0 Å². The van der Waals surface area contributed by atoms with Crippen LogP contribution in [0.25, 0.3) is 0 Å². The van der Waals surface area contributed by atoms with E-state index in [0.717, 1.165) is 6.42 Å². The van der Waals surface area contributed by atoms with Crippen LogP contribution in [-0.4, -0.2) is 26.3 Å². The maximum absolute atomic E-state index is 11.3. The minimum atomic E-state index is -1.68. The van der Waals surface area contributed by atoms with E-state index in [4.69, 9.17) is 10.5 Å². The zero-order valence-corrected chi connectivity index (χ0v) is 11.8. The second kappa shape index (κ2) is 5.98. The van der Waals surface area contributed by atoms with Crippen LogP contribution in [0.1, 0.15) is 5.56 Å². The lowest BCUT2D eigenvalue weighted by Crippen LogP contribution is -2.49. The standard InChI is InChI=1S/C13H21NO2Si/c1-17(2,3)13(12(14)15)16-10-9-11-7-5-4-6-8-11/h4-8,13H,9-10H2,1-3H3,(H2,14,15)/t13-/m1/s1. The highest BCUT2D eigenvalue weighted by atomic mass is 28.3. The number of carbonyl (C=O) groups is 1. The predicted octanol–water partition coefficient (Wildman–Crippen LogP) is 1.98. The summed E-state index contributed by atoms with van der Waals surface area (Å²) in [6.45, 7) is 6.81. The first kappa shape index (κ1) is 13.9. The van der Waals surface area contributed by atoms with E-state index in [1.165, 1.54) is 5.56 Å². The van der Waals surface area contributed by atoms with Gasteiger partial charge in [0, 0.05) is 0 Å². The molecule has 0 aliphatic rings. The Morgan fingerprint density at radius 3 is 2.35 bits per heavy atom. The number of amides is 1. The van der Waals surface area contributed by atoms with Crippen LogP contribution in [0.15, 0.2) is 30.3 Å². The molecule has 0 unspecified atom stereocenters. The van der Waals surface area contributed by atoms with Crippen LogP contribution in [-0.2, 0) is 16.0 Å². The third-order valence-electron chi connectivity index (χ3n) is 2.56. The molecule has 0 fully saturated rings. The first-order valence-electron chi connectivity index (χ1n) is 5.86. The molecular formula is C13H21NO2Si. The van der Waals surface area contributed by atoms with E-state index in [9.17, 15) is 4.79 Å². The zero-order valence-electron chi connectivity index (χ0n) is 10.8. The fourth-order valence-corrected chi connectivity index (χ4v) is 3.17. The van der Waals surface area contributed by atoms with Gasteiger partial charge in [0.15, 0.2) is 0 Å². The molecule has 1 amide bonds. The van der Waals surface area contributed by atoms with Crippen LogP contribution in [0, 0.1) is 0 Å². The van der Waals surface area contributed by atoms with Crippen LogP contribution >= 0.6 is 0 Å². The van der Waals surface area contributed by atoms with E-state index in [1.807, 2.05) is 18.2 Å². The normalized spacial score (nSPS) is 13.4. The van der Waals surface area contributed by atoms with Gasteiger partial charge in [-0.25, -0.2) is 0 Å². The predicted molar refractivity (Wildman–Crippen MR) is 72.4 cm³/mol. The van der Waals surface area contributed by atoms with Crippen LogP contribution in [0.2, 0.25) is 19.6 Å². The number of benzene rings is 1. The fraction of sp³-hybridized carbons (Fsp3) is 0.462. The van der Waals surface area contributed by atoms with Gasteiger partial charge < -0.3 is 10.5 Å². The van der Waals surface area contributed by atoms with Crippen LogP contribution in [0.5, 0.6) is 0 Å². The number of primary amides is 1. The minimum Gasteiger partial charge on any atom is -0.372 e. The molecule has 0 radical (unpaired) electrons. The molecule has 0 spiro atoms. The second-order valence-corrected chi connectivity index (χ2v) is 10.5. The van der Waals surface area contributed by atoms with Crippen molar-refractivity contribution in [2.75, 3.05) is 6.61 Å². The number of hydrogen-bond acceptors (Lipinski definition) is 2. The van der Waals surface area contributed by atoms with Crippen LogP contribution in [0.4, 0.5) is 0 Å². The Bertz CT molecular complexity index is 359. The number of rotatable bonds is 6. The first-order chi connectivity index (χ1) is 7.91. The molecule has 3 nitrogen and oxygen atoms in total. The van der Waals surface area contributed by atoms with Crippen molar-refractivity contribution >= 4 is 14.0 Å². The molecule has 94 valence electrons. The minimum absolute atomic E-state index is 0.336. The smallest absolute Gasteiger partial charge is 0.243 e. The van der Waals surface area contributed by atoms with Gasteiger partial charge in [0.25, 0.3) is 0 Å². The largest absolute Gasteiger partial charge is 0.372 e. The first-order valence-corrected chi connectivity index (χ1v) is 9.44. The van der Waals surface area contributed by atoms with Crippen molar-refractivity contribution in [1.82, 2.24) is 0 Å². The SMILES string of the molecule is C[Si](C)(C)[C@@H](OCCc1ccccc1)C(N)=O. The van der Waals surface area contributed by atoms with Gasteiger partial charge in [-0.3, -0.25) is 4.79 Å². The molecule has 1 atom stereocenters. The molecule has 4 heteroatoms. The molecule has 0 heterocycles. The van der Waals surface area contributed by atoms with Crippen LogP contribution < -0.4 is 5.73 Å². The van der Waals surface area contributed by atoms with Gasteiger partial charge in [-0.2, -0.15) is 0 Å². The molecule has 0 aliphatic heterocycles. The lowest BCUT2D eigenvalue weighted by molar-refractivity contribution is -0.125. The summed E-state index contributed by atoms with van der Waals surface area (Å²) in [5, 5.41) is 0. The van der Waals surface area contributed by atoms with Crippen molar-refractivity contribution in [1.29, 1.82) is 0 Å². The Morgan fingerprint density at radius 2 is 1.88 bits per heavy atom. The maximum atomic E-state index is 11.3. The number of carbonyl (C=O) groups excluding carboxylic acids is 1. The molecule has 17 heavy (non-hydrogen) atoms. The van der Waals surface area contributed by atoms with Gasteiger partial charge in [0.2, 0.25) is 5.91 Å².